The zero-order valence-corrected chi connectivity index (χ0v) is 28.3. The van der Waals surface area contributed by atoms with Gasteiger partial charge in [0.25, 0.3) is 0 Å². The molecule has 0 saturated heterocycles. The molecule has 0 bridgehead atoms. The number of carbonyl (C=O) groups is 3. The van der Waals surface area contributed by atoms with Gasteiger partial charge in [-0.1, -0.05) is 130 Å². The second-order valence-electron chi connectivity index (χ2n) is 13.3. The van der Waals surface area contributed by atoms with Gasteiger partial charge in [-0.25, -0.2) is 0 Å². The van der Waals surface area contributed by atoms with Crippen LogP contribution in [0.5, 0.6) is 0 Å². The molecule has 252 valence electrons. The highest BCUT2D eigenvalue weighted by molar-refractivity contribution is 5.69. The Hall–Kier alpha value is -1.89. The molecule has 0 aromatic heterocycles. The van der Waals surface area contributed by atoms with E-state index in [1.165, 1.54) is 96.3 Å². The number of carbonyl (C=O) groups excluding carboxylic acids is 1. The molecule has 0 aliphatic rings. The molecule has 0 spiro atoms. The van der Waals surface area contributed by atoms with E-state index in [2.05, 4.69) is 19.1 Å². The minimum Gasteiger partial charge on any atom is -0.550 e. The lowest BCUT2D eigenvalue weighted by molar-refractivity contribution is -0.924. The van der Waals surface area contributed by atoms with Crippen LogP contribution < -0.4 is 5.11 Å². The molecule has 3 atom stereocenters. The van der Waals surface area contributed by atoms with Crippen LogP contribution in [0.3, 0.4) is 0 Å². The second-order valence-corrected chi connectivity index (χ2v) is 13.3. The largest absolute Gasteiger partial charge is 0.550 e. The van der Waals surface area contributed by atoms with Crippen LogP contribution in [0.4, 0.5) is 0 Å². The van der Waals surface area contributed by atoms with Crippen LogP contribution in [-0.2, 0) is 14.4 Å². The summed E-state index contributed by atoms with van der Waals surface area (Å²) in [6, 6.07) is 0. The van der Waals surface area contributed by atoms with Crippen LogP contribution in [-0.4, -0.2) is 58.8 Å². The summed E-state index contributed by atoms with van der Waals surface area (Å²) < 4.78 is 0.502. The van der Waals surface area contributed by atoms with Crippen LogP contribution in [0.2, 0.25) is 0 Å². The number of hydrogen-bond acceptors (Lipinski definition) is 4. The zero-order chi connectivity index (χ0) is 32.3. The van der Waals surface area contributed by atoms with Crippen LogP contribution in [0, 0.1) is 17.8 Å². The first-order chi connectivity index (χ1) is 20.5. The van der Waals surface area contributed by atoms with Crippen molar-refractivity contribution in [1.29, 1.82) is 0 Å². The van der Waals surface area contributed by atoms with Gasteiger partial charge in [-0.3, -0.25) is 9.59 Å². The van der Waals surface area contributed by atoms with E-state index < -0.39 is 35.7 Å². The predicted molar refractivity (Wildman–Crippen MR) is 175 cm³/mol. The van der Waals surface area contributed by atoms with E-state index in [1.54, 1.807) is 20.8 Å². The number of unbranched alkanes of at least 4 members (excludes halogenated alkanes) is 16. The number of allylic oxidation sites excluding steroid dienone is 1. The molecule has 0 radical (unpaired) electrons. The minimum atomic E-state index is -1.09. The summed E-state index contributed by atoms with van der Waals surface area (Å²) in [4.78, 5) is 34.3. The van der Waals surface area contributed by atoms with Crippen LogP contribution in [0.1, 0.15) is 156 Å². The lowest BCUT2D eigenvalue weighted by Gasteiger charge is -2.40. The maximum Gasteiger partial charge on any atom is 0.306 e. The smallest absolute Gasteiger partial charge is 0.306 e. The maximum atomic E-state index is 11.5. The number of carboxylic acids is 3. The van der Waals surface area contributed by atoms with Gasteiger partial charge in [0.15, 0.2) is 0 Å². The standard InChI is InChI=1S/C36H67NO6/c1-5-6-7-8-9-10-11-12-13-14-15-16-17-18-19-20-21-22-23-27-37(28-24-31(2)34(38)39,29-25-32(3)35(40)41)30-26-33(4)36(42)43/h22-23,31-33H,5-21,24-30H2,1-4H3,(H2-,38,39,40,41,42,43)/b23-22+. The van der Waals surface area contributed by atoms with Gasteiger partial charge in [-0.2, -0.15) is 0 Å². The Bertz CT molecular complexity index is 692. The number of hydrogen-bond donors (Lipinski definition) is 2. The van der Waals surface area contributed by atoms with Crippen molar-refractivity contribution in [2.24, 2.45) is 17.8 Å². The van der Waals surface area contributed by atoms with E-state index >= 15 is 0 Å². The first-order valence-corrected chi connectivity index (χ1v) is 17.7. The van der Waals surface area contributed by atoms with Crippen LogP contribution in [0.15, 0.2) is 12.2 Å². The Balaban J connectivity index is 4.52. The average Bonchev–Trinajstić information content (AvgIpc) is 2.97. The molecule has 0 aromatic rings. The van der Waals surface area contributed by atoms with Gasteiger partial charge in [0.2, 0.25) is 0 Å². The molecule has 0 heterocycles. The fourth-order valence-electron chi connectivity index (χ4n) is 5.60. The van der Waals surface area contributed by atoms with E-state index in [4.69, 9.17) is 0 Å². The fourth-order valence-corrected chi connectivity index (χ4v) is 5.60. The number of aliphatic carboxylic acids is 3. The van der Waals surface area contributed by atoms with Crippen molar-refractivity contribution < 1.29 is 34.2 Å². The van der Waals surface area contributed by atoms with Gasteiger partial charge in [0.1, 0.15) is 0 Å². The fraction of sp³-hybridized carbons (Fsp3) is 0.861. The predicted octanol–water partition coefficient (Wildman–Crippen LogP) is 8.01. The summed E-state index contributed by atoms with van der Waals surface area (Å²) >= 11 is 0. The van der Waals surface area contributed by atoms with Gasteiger partial charge in [-0.15, -0.1) is 0 Å². The van der Waals surface area contributed by atoms with E-state index in [0.29, 0.717) is 49.9 Å². The SMILES string of the molecule is CCCCCCCCCCCCCCCCCC/C=C/C[N+](CCC(C)C(=O)[O-])(CCC(C)C(=O)O)CCC(C)C(=O)O. The molecule has 2 N–H and O–H groups in total. The van der Waals surface area contributed by atoms with Crippen LogP contribution >= 0.6 is 0 Å². The second kappa shape index (κ2) is 26.5. The maximum absolute atomic E-state index is 11.5. The molecule has 0 rings (SSSR count). The molecule has 0 aliphatic carbocycles. The van der Waals surface area contributed by atoms with Gasteiger partial charge in [0, 0.05) is 31.1 Å². The lowest BCUT2D eigenvalue weighted by atomic mass is 10.0. The van der Waals surface area contributed by atoms with Crippen molar-refractivity contribution in [2.75, 3.05) is 26.2 Å². The average molecular weight is 610 g/mol. The number of carboxylic acid groups (broad SMARTS) is 3. The molecule has 0 aromatic carbocycles. The van der Waals surface area contributed by atoms with Crippen LogP contribution in [0.25, 0.3) is 0 Å². The molecule has 43 heavy (non-hydrogen) atoms. The Morgan fingerprint density at radius 1 is 0.581 bits per heavy atom. The highest BCUT2D eigenvalue weighted by Crippen LogP contribution is 2.20. The molecular weight excluding hydrogens is 542 g/mol. The van der Waals surface area contributed by atoms with Gasteiger partial charge < -0.3 is 24.6 Å². The number of nitrogens with zero attached hydrogens (tertiary/aromatic N) is 1. The third-order valence-electron chi connectivity index (χ3n) is 9.24. The zero-order valence-electron chi connectivity index (χ0n) is 28.3. The quantitative estimate of drug-likeness (QED) is 0.0467. The minimum absolute atomic E-state index is 0.415. The first-order valence-electron chi connectivity index (χ1n) is 17.7. The van der Waals surface area contributed by atoms with Gasteiger partial charge >= 0.3 is 11.9 Å². The summed E-state index contributed by atoms with van der Waals surface area (Å²) in [6.45, 7) is 9.63. The Morgan fingerprint density at radius 2 is 0.930 bits per heavy atom. The van der Waals surface area contributed by atoms with Gasteiger partial charge in [0.05, 0.1) is 38.0 Å². The molecule has 3 unspecified atom stereocenters. The monoisotopic (exact) mass is 609 g/mol. The molecule has 0 saturated carbocycles. The highest BCUT2D eigenvalue weighted by Gasteiger charge is 2.30. The van der Waals surface area contributed by atoms with Gasteiger partial charge in [-0.05, 0) is 18.9 Å². The van der Waals surface area contributed by atoms with Crippen molar-refractivity contribution in [2.45, 2.75) is 156 Å². The topological polar surface area (TPSA) is 115 Å². The third-order valence-corrected chi connectivity index (χ3v) is 9.24. The highest BCUT2D eigenvalue weighted by atomic mass is 16.4. The van der Waals surface area contributed by atoms with E-state index in [9.17, 15) is 29.7 Å². The molecule has 0 fully saturated rings. The Labute approximate surface area is 264 Å². The van der Waals surface area contributed by atoms with E-state index in [-0.39, 0.29) is 0 Å². The number of quaternary nitrogens is 1. The molecular formula is C36H67NO6. The normalized spacial score (nSPS) is 15.3. The van der Waals surface area contributed by atoms with E-state index in [1.807, 2.05) is 0 Å². The molecule has 0 amide bonds. The summed E-state index contributed by atoms with van der Waals surface area (Å²) in [5, 5.41) is 30.2. The molecule has 7 nitrogen and oxygen atoms in total. The molecule has 7 heteroatoms. The number of rotatable bonds is 31. The first kappa shape index (κ1) is 41.1. The lowest BCUT2D eigenvalue weighted by Crippen LogP contribution is -2.52. The van der Waals surface area contributed by atoms with Crippen molar-refractivity contribution in [3.8, 4) is 0 Å². The summed E-state index contributed by atoms with van der Waals surface area (Å²) in [7, 11) is 0. The third kappa shape index (κ3) is 23.2. The van der Waals surface area contributed by atoms with Crippen molar-refractivity contribution in [3.05, 3.63) is 12.2 Å². The Morgan fingerprint density at radius 3 is 1.28 bits per heavy atom. The summed E-state index contributed by atoms with van der Waals surface area (Å²) in [5.74, 6) is -4.42. The van der Waals surface area contributed by atoms with Crippen molar-refractivity contribution >= 4 is 17.9 Å². The van der Waals surface area contributed by atoms with E-state index in [0.717, 1.165) is 12.8 Å². The molecule has 0 aliphatic heterocycles. The summed E-state index contributed by atoms with van der Waals surface area (Å²) in [6.07, 6.45) is 28.2. The summed E-state index contributed by atoms with van der Waals surface area (Å²) in [5.41, 5.74) is 0. The van der Waals surface area contributed by atoms with Crippen molar-refractivity contribution in [3.63, 3.8) is 0 Å². The Kier molecular flexibility index (Phi) is 25.3. The van der Waals surface area contributed by atoms with Crippen molar-refractivity contribution in [1.82, 2.24) is 0 Å².